The average molecular weight is 413 g/mol. The molecule has 1 aromatic carbocycles. The van der Waals surface area contributed by atoms with Gasteiger partial charge in [-0.1, -0.05) is 0 Å². The van der Waals surface area contributed by atoms with Crippen LogP contribution in [-0.4, -0.2) is 65.9 Å². The molecule has 0 radical (unpaired) electrons. The highest BCUT2D eigenvalue weighted by molar-refractivity contribution is 6.46. The Bertz CT molecular complexity index is 976. The van der Waals surface area contributed by atoms with E-state index in [-0.39, 0.29) is 16.9 Å². The van der Waals surface area contributed by atoms with Crippen molar-refractivity contribution < 1.29 is 23.8 Å². The van der Waals surface area contributed by atoms with E-state index in [1.165, 1.54) is 24.1 Å². The van der Waals surface area contributed by atoms with Gasteiger partial charge in [-0.3, -0.25) is 14.6 Å². The number of halogens is 1. The first-order valence-electron chi connectivity index (χ1n) is 9.52. The van der Waals surface area contributed by atoms with Crippen LogP contribution in [0.3, 0.4) is 0 Å². The van der Waals surface area contributed by atoms with Crippen molar-refractivity contribution in [3.8, 4) is 5.75 Å². The molecule has 30 heavy (non-hydrogen) atoms. The third kappa shape index (κ3) is 4.18. The largest absolute Gasteiger partial charge is 0.507 e. The lowest BCUT2D eigenvalue weighted by Crippen LogP contribution is -2.32. The first kappa shape index (κ1) is 21.4. The number of hydrogen-bond donors (Lipinski definition) is 1. The Morgan fingerprint density at radius 3 is 2.57 bits per heavy atom. The highest BCUT2D eigenvalue weighted by atomic mass is 19.1. The van der Waals surface area contributed by atoms with Crippen LogP contribution < -0.4 is 4.74 Å². The maximum atomic E-state index is 13.9. The summed E-state index contributed by atoms with van der Waals surface area (Å²) in [6.07, 6.45) is 3.75. The maximum absolute atomic E-state index is 13.9. The molecule has 0 aliphatic carbocycles. The molecule has 1 N–H and O–H groups in total. The van der Waals surface area contributed by atoms with Crippen molar-refractivity contribution in [1.82, 2.24) is 14.8 Å². The number of aromatic nitrogens is 1. The van der Waals surface area contributed by atoms with Crippen molar-refractivity contribution in [2.24, 2.45) is 0 Å². The Kier molecular flexibility index (Phi) is 6.47. The molecule has 2 aromatic rings. The first-order chi connectivity index (χ1) is 14.3. The minimum absolute atomic E-state index is 0.0165. The van der Waals surface area contributed by atoms with Crippen LogP contribution in [0.25, 0.3) is 5.76 Å². The Balaban J connectivity index is 2.13. The summed E-state index contributed by atoms with van der Waals surface area (Å²) < 4.78 is 19.1. The number of rotatable bonds is 7. The molecule has 1 aromatic heterocycles. The quantitative estimate of drug-likeness (QED) is 0.427. The number of carbonyl (C=O) groups is 2. The molecule has 1 aliphatic heterocycles. The van der Waals surface area contributed by atoms with Gasteiger partial charge in [-0.15, -0.1) is 0 Å². The van der Waals surface area contributed by atoms with E-state index in [1.807, 2.05) is 19.0 Å². The molecule has 1 atom stereocenters. The number of pyridine rings is 1. The monoisotopic (exact) mass is 413 g/mol. The second-order valence-electron chi connectivity index (χ2n) is 7.27. The molecule has 1 fully saturated rings. The Morgan fingerprint density at radius 1 is 1.23 bits per heavy atom. The van der Waals surface area contributed by atoms with E-state index in [9.17, 15) is 19.1 Å². The van der Waals surface area contributed by atoms with Crippen molar-refractivity contribution in [2.45, 2.75) is 12.5 Å². The van der Waals surface area contributed by atoms with Gasteiger partial charge in [0.2, 0.25) is 0 Å². The van der Waals surface area contributed by atoms with Gasteiger partial charge in [0.05, 0.1) is 24.3 Å². The van der Waals surface area contributed by atoms with Gasteiger partial charge in [0.1, 0.15) is 17.3 Å². The predicted octanol–water partition coefficient (Wildman–Crippen LogP) is 2.60. The number of benzene rings is 1. The fourth-order valence-electron chi connectivity index (χ4n) is 3.57. The van der Waals surface area contributed by atoms with Gasteiger partial charge in [0.25, 0.3) is 11.7 Å². The van der Waals surface area contributed by atoms with Crippen molar-refractivity contribution in [2.75, 3.05) is 34.3 Å². The van der Waals surface area contributed by atoms with Gasteiger partial charge in [0.15, 0.2) is 0 Å². The summed E-state index contributed by atoms with van der Waals surface area (Å²) in [5.74, 6) is -2.39. The predicted molar refractivity (Wildman–Crippen MR) is 109 cm³/mol. The number of carbonyl (C=O) groups excluding carboxylic acids is 2. The molecular formula is C22H24FN3O4. The van der Waals surface area contributed by atoms with Crippen molar-refractivity contribution >= 4 is 17.4 Å². The van der Waals surface area contributed by atoms with Crippen LogP contribution in [0.5, 0.6) is 5.75 Å². The van der Waals surface area contributed by atoms with Crippen molar-refractivity contribution in [3.63, 3.8) is 0 Å². The lowest BCUT2D eigenvalue weighted by atomic mass is 9.95. The van der Waals surface area contributed by atoms with E-state index in [0.717, 1.165) is 12.6 Å². The number of ether oxygens (including phenoxy) is 1. The summed E-state index contributed by atoms with van der Waals surface area (Å²) >= 11 is 0. The average Bonchev–Trinajstić information content (AvgIpc) is 2.98. The number of Topliss-reactive ketones (excluding diaryl/α,β-unsaturated/α-hetero) is 1. The summed E-state index contributed by atoms with van der Waals surface area (Å²) in [6, 6.07) is 6.20. The van der Waals surface area contributed by atoms with Crippen molar-refractivity contribution in [1.29, 1.82) is 0 Å². The van der Waals surface area contributed by atoms with Crippen LogP contribution >= 0.6 is 0 Å². The first-order valence-corrected chi connectivity index (χ1v) is 9.52. The highest BCUT2D eigenvalue weighted by Crippen LogP contribution is 2.40. The number of hydrogen-bond acceptors (Lipinski definition) is 6. The molecule has 0 unspecified atom stereocenters. The van der Waals surface area contributed by atoms with Gasteiger partial charge in [-0.05, 0) is 63.0 Å². The smallest absolute Gasteiger partial charge is 0.295 e. The Hall–Kier alpha value is -3.26. The third-order valence-corrected chi connectivity index (χ3v) is 4.98. The summed E-state index contributed by atoms with van der Waals surface area (Å²) in [5.41, 5.74) is 0.550. The van der Waals surface area contributed by atoms with Crippen LogP contribution in [0.15, 0.2) is 48.3 Å². The van der Waals surface area contributed by atoms with Crippen LogP contribution in [-0.2, 0) is 9.59 Å². The summed E-state index contributed by atoms with van der Waals surface area (Å²) in [6.45, 7) is 1.05. The lowest BCUT2D eigenvalue weighted by molar-refractivity contribution is -0.139. The van der Waals surface area contributed by atoms with Gasteiger partial charge in [0, 0.05) is 18.9 Å². The normalized spacial score (nSPS) is 18.3. The van der Waals surface area contributed by atoms with Gasteiger partial charge >= 0.3 is 0 Å². The molecule has 1 aliphatic rings. The molecule has 1 saturated heterocycles. The molecule has 2 heterocycles. The number of nitrogens with zero attached hydrogens (tertiary/aromatic N) is 3. The second kappa shape index (κ2) is 9.04. The molecule has 158 valence electrons. The minimum Gasteiger partial charge on any atom is -0.507 e. The van der Waals surface area contributed by atoms with E-state index >= 15 is 0 Å². The van der Waals surface area contributed by atoms with E-state index < -0.39 is 29.3 Å². The summed E-state index contributed by atoms with van der Waals surface area (Å²) in [4.78, 5) is 33.2. The van der Waals surface area contributed by atoms with Crippen LogP contribution in [0.4, 0.5) is 4.39 Å². The minimum atomic E-state index is -0.814. The fourth-order valence-corrected chi connectivity index (χ4v) is 3.57. The van der Waals surface area contributed by atoms with Crippen molar-refractivity contribution in [3.05, 3.63) is 65.2 Å². The van der Waals surface area contributed by atoms with E-state index in [0.29, 0.717) is 18.5 Å². The fraction of sp³-hybridized carbons (Fsp3) is 0.318. The maximum Gasteiger partial charge on any atom is 0.295 e. The zero-order valence-corrected chi connectivity index (χ0v) is 17.1. The van der Waals surface area contributed by atoms with Crippen LogP contribution in [0.1, 0.15) is 23.6 Å². The number of aliphatic hydroxyl groups is 1. The topological polar surface area (TPSA) is 83.0 Å². The number of ketones is 1. The molecule has 0 saturated carbocycles. The van der Waals surface area contributed by atoms with Gasteiger partial charge in [-0.2, -0.15) is 0 Å². The zero-order chi connectivity index (χ0) is 21.8. The van der Waals surface area contributed by atoms with E-state index in [4.69, 9.17) is 4.74 Å². The van der Waals surface area contributed by atoms with Gasteiger partial charge < -0.3 is 19.6 Å². The number of methoxy groups -OCH3 is 1. The second-order valence-corrected chi connectivity index (χ2v) is 7.27. The molecule has 0 bridgehead atoms. The number of likely N-dealkylation sites (tertiary alicyclic amines) is 1. The number of aliphatic hydroxyl groups excluding tert-OH is 1. The molecule has 1 amide bonds. The summed E-state index contributed by atoms with van der Waals surface area (Å²) in [5, 5.41) is 11.0. The third-order valence-electron chi connectivity index (χ3n) is 4.98. The standard InChI is InChI=1S/C22H24FN3O4/c1-25(2)11-4-12-26-19(14-7-9-24-10-8-14)18(21(28)22(26)29)20(27)16-13-15(23)5-6-17(16)30-3/h5-10,13,19,27H,4,11-12H2,1-3H3/b20-18+/t19-/m0/s1. The summed E-state index contributed by atoms with van der Waals surface area (Å²) in [7, 11) is 5.22. The Morgan fingerprint density at radius 2 is 1.93 bits per heavy atom. The van der Waals surface area contributed by atoms with Crippen LogP contribution in [0, 0.1) is 5.82 Å². The van der Waals surface area contributed by atoms with E-state index in [2.05, 4.69) is 4.98 Å². The molecule has 0 spiro atoms. The molecule has 7 nitrogen and oxygen atoms in total. The molecule has 8 heteroatoms. The van der Waals surface area contributed by atoms with Gasteiger partial charge in [-0.25, -0.2) is 4.39 Å². The Labute approximate surface area is 174 Å². The molecular weight excluding hydrogens is 389 g/mol. The van der Waals surface area contributed by atoms with E-state index in [1.54, 1.807) is 24.5 Å². The lowest BCUT2D eigenvalue weighted by Gasteiger charge is -2.26. The zero-order valence-electron chi connectivity index (χ0n) is 17.1. The SMILES string of the molecule is COc1ccc(F)cc1/C(O)=C1\C(=O)C(=O)N(CCCN(C)C)[C@H]1c1ccncc1. The number of amides is 1. The molecule has 3 rings (SSSR count). The van der Waals surface area contributed by atoms with Crippen LogP contribution in [0.2, 0.25) is 0 Å². The highest BCUT2D eigenvalue weighted by Gasteiger charge is 2.46.